The number of amides is 1. The molecule has 4 heterocycles. The highest BCUT2D eigenvalue weighted by Crippen LogP contribution is 2.40. The van der Waals surface area contributed by atoms with Crippen molar-refractivity contribution in [3.63, 3.8) is 0 Å². The summed E-state index contributed by atoms with van der Waals surface area (Å²) >= 11 is 0. The molecule has 0 bridgehead atoms. The van der Waals surface area contributed by atoms with E-state index in [9.17, 15) is 23.6 Å². The van der Waals surface area contributed by atoms with Crippen LogP contribution in [-0.4, -0.2) is 81.3 Å². The molecule has 2 saturated heterocycles. The van der Waals surface area contributed by atoms with Crippen LogP contribution < -0.4 is 5.32 Å². The SMILES string of the molecule is CCCCCCCCCCCCOC(=O)OC[C@@]1(C)O[C@@H](n2cnc3c(NC(=O)[C@H]4CCC(=O)O4)nc(F)nc32)C[C@@H]1OC(=O)OCCCCCCCCCCCC. The van der Waals surface area contributed by atoms with Crippen LogP contribution in [0.2, 0.25) is 0 Å². The molecule has 0 saturated carbocycles. The number of carbonyl (C=O) groups excluding carboxylic acids is 4. The molecule has 2 aliphatic rings. The first kappa shape index (κ1) is 46.6. The van der Waals surface area contributed by atoms with Gasteiger partial charge in [0.15, 0.2) is 23.1 Å². The quantitative estimate of drug-likeness (QED) is 0.0371. The molecule has 2 fully saturated rings. The van der Waals surface area contributed by atoms with E-state index in [1.165, 1.54) is 87.9 Å². The number of halogens is 1. The molecule has 0 unspecified atom stereocenters. The number of nitrogens with one attached hydrogen (secondary N) is 1. The molecular weight excluding hydrogens is 753 g/mol. The Bertz CT molecular complexity index is 1580. The van der Waals surface area contributed by atoms with Gasteiger partial charge in [-0.25, -0.2) is 14.6 Å². The van der Waals surface area contributed by atoms with Gasteiger partial charge in [-0.3, -0.25) is 14.2 Å². The second-order valence-electron chi connectivity index (χ2n) is 15.7. The summed E-state index contributed by atoms with van der Waals surface area (Å²) in [7, 11) is 0. The summed E-state index contributed by atoms with van der Waals surface area (Å²) in [6.45, 7) is 6.15. The molecule has 4 rings (SSSR count). The van der Waals surface area contributed by atoms with Gasteiger partial charge in [0.1, 0.15) is 24.5 Å². The largest absolute Gasteiger partial charge is 0.508 e. The van der Waals surface area contributed by atoms with Crippen LogP contribution in [0.15, 0.2) is 6.33 Å². The Morgan fingerprint density at radius 3 is 1.91 bits per heavy atom. The minimum atomic E-state index is -1.37. The summed E-state index contributed by atoms with van der Waals surface area (Å²) in [6, 6.07) is 0. The number of anilines is 1. The first-order valence-electron chi connectivity index (χ1n) is 21.8. The van der Waals surface area contributed by atoms with Crippen molar-refractivity contribution in [3.8, 4) is 0 Å². The highest BCUT2D eigenvalue weighted by atomic mass is 19.1. The van der Waals surface area contributed by atoms with Crippen LogP contribution in [0.4, 0.5) is 19.8 Å². The fraction of sp³-hybridized carbons (Fsp3) is 0.786. The van der Waals surface area contributed by atoms with E-state index in [0.717, 1.165) is 44.9 Å². The standard InChI is InChI=1S/C42H66FN5O10/c1-4-6-8-10-12-14-16-18-20-22-26-53-40(51)55-29-42(3)32(57-41(52)54-27-23-21-19-17-15-13-11-9-7-5-2)28-33(58-42)48-30-44-35-36(46-39(43)47-37(35)48)45-38(50)31-24-25-34(49)56-31/h30-33H,4-29H2,1-3H3,(H,45,46,47,50)/t31-,32+,33-,42-/m1/s1. The van der Waals surface area contributed by atoms with Gasteiger partial charge in [-0.1, -0.05) is 129 Å². The molecule has 1 amide bonds. The van der Waals surface area contributed by atoms with E-state index < -0.39 is 54.3 Å². The number of cyclic esters (lactones) is 1. The monoisotopic (exact) mass is 819 g/mol. The number of aromatic nitrogens is 4. The van der Waals surface area contributed by atoms with E-state index in [4.69, 9.17) is 28.4 Å². The zero-order valence-electron chi connectivity index (χ0n) is 34.9. The average Bonchev–Trinajstić information content (AvgIpc) is 3.92. The lowest BCUT2D eigenvalue weighted by Gasteiger charge is -2.29. The molecule has 15 nitrogen and oxygen atoms in total. The summed E-state index contributed by atoms with van der Waals surface area (Å²) in [5, 5.41) is 2.48. The average molecular weight is 820 g/mol. The van der Waals surface area contributed by atoms with Gasteiger partial charge in [0.25, 0.3) is 5.91 Å². The third kappa shape index (κ3) is 15.6. The maximum absolute atomic E-state index is 14.8. The first-order valence-corrected chi connectivity index (χ1v) is 21.8. The number of fused-ring (bicyclic) bond motifs is 1. The van der Waals surface area contributed by atoms with Gasteiger partial charge >= 0.3 is 24.4 Å². The topological polar surface area (TPSA) is 179 Å². The molecule has 326 valence electrons. The van der Waals surface area contributed by atoms with Crippen molar-refractivity contribution in [1.29, 1.82) is 0 Å². The van der Waals surface area contributed by atoms with Crippen LogP contribution in [-0.2, 0) is 38.0 Å². The summed E-state index contributed by atoms with van der Waals surface area (Å²) < 4.78 is 49.6. The number of rotatable bonds is 28. The Balaban J connectivity index is 1.31. The second kappa shape index (κ2) is 25.4. The third-order valence-corrected chi connectivity index (χ3v) is 10.8. The normalized spacial score (nSPS) is 20.3. The third-order valence-electron chi connectivity index (χ3n) is 10.8. The fourth-order valence-corrected chi connectivity index (χ4v) is 7.32. The van der Waals surface area contributed by atoms with E-state index >= 15 is 0 Å². The number of imidazole rings is 1. The first-order chi connectivity index (χ1) is 28.1. The maximum Gasteiger partial charge on any atom is 0.508 e. The summed E-state index contributed by atoms with van der Waals surface area (Å²) in [5.41, 5.74) is -1.33. The Labute approximate surface area is 342 Å². The van der Waals surface area contributed by atoms with Crippen molar-refractivity contribution in [3.05, 3.63) is 12.4 Å². The van der Waals surface area contributed by atoms with Crippen molar-refractivity contribution in [2.24, 2.45) is 0 Å². The van der Waals surface area contributed by atoms with Gasteiger partial charge in [-0.15, -0.1) is 0 Å². The zero-order chi connectivity index (χ0) is 41.6. The van der Waals surface area contributed by atoms with Crippen LogP contribution in [0.5, 0.6) is 0 Å². The predicted octanol–water partition coefficient (Wildman–Crippen LogP) is 9.80. The van der Waals surface area contributed by atoms with Crippen molar-refractivity contribution < 1.29 is 52.0 Å². The minimum Gasteiger partial charge on any atom is -0.452 e. The van der Waals surface area contributed by atoms with E-state index in [1.54, 1.807) is 6.92 Å². The Morgan fingerprint density at radius 1 is 0.810 bits per heavy atom. The van der Waals surface area contributed by atoms with Crippen LogP contribution in [0.25, 0.3) is 11.2 Å². The molecule has 0 aliphatic carbocycles. The van der Waals surface area contributed by atoms with Gasteiger partial charge in [0, 0.05) is 19.3 Å². The van der Waals surface area contributed by atoms with E-state index in [1.807, 2.05) is 0 Å². The molecule has 2 aromatic rings. The van der Waals surface area contributed by atoms with Crippen molar-refractivity contribution in [1.82, 2.24) is 19.5 Å². The molecular formula is C42H66FN5O10. The lowest BCUT2D eigenvalue weighted by Crippen LogP contribution is -2.44. The fourth-order valence-electron chi connectivity index (χ4n) is 7.32. The number of unbranched alkanes of at least 4 members (excludes halogenated alkanes) is 18. The lowest BCUT2D eigenvalue weighted by molar-refractivity contribution is -0.146. The van der Waals surface area contributed by atoms with Crippen LogP contribution in [0.1, 0.15) is 175 Å². The molecule has 2 aromatic heterocycles. The molecule has 2 aliphatic heterocycles. The second-order valence-corrected chi connectivity index (χ2v) is 15.7. The van der Waals surface area contributed by atoms with E-state index in [2.05, 4.69) is 34.1 Å². The molecule has 0 radical (unpaired) electrons. The van der Waals surface area contributed by atoms with Crippen LogP contribution in [0, 0.1) is 6.08 Å². The number of nitrogens with zero attached hydrogens (tertiary/aromatic N) is 4. The summed E-state index contributed by atoms with van der Waals surface area (Å²) in [6.07, 6.45) is 18.7. The summed E-state index contributed by atoms with van der Waals surface area (Å²) in [4.78, 5) is 61.8. The molecule has 4 atom stereocenters. The van der Waals surface area contributed by atoms with Crippen molar-refractivity contribution in [2.45, 2.75) is 192 Å². The number of esters is 1. The molecule has 0 aromatic carbocycles. The Kier molecular flexibility index (Phi) is 20.4. The smallest absolute Gasteiger partial charge is 0.452 e. The van der Waals surface area contributed by atoms with Crippen molar-refractivity contribution >= 4 is 41.2 Å². The van der Waals surface area contributed by atoms with Gasteiger partial charge in [-0.05, 0) is 19.8 Å². The van der Waals surface area contributed by atoms with Gasteiger partial charge in [0.2, 0.25) is 0 Å². The molecule has 0 spiro atoms. The van der Waals surface area contributed by atoms with Gasteiger partial charge in [0.05, 0.1) is 19.5 Å². The van der Waals surface area contributed by atoms with E-state index in [-0.39, 0.29) is 56.1 Å². The van der Waals surface area contributed by atoms with Gasteiger partial charge in [-0.2, -0.15) is 14.4 Å². The highest BCUT2D eigenvalue weighted by Gasteiger charge is 2.50. The van der Waals surface area contributed by atoms with Crippen LogP contribution in [0.3, 0.4) is 0 Å². The lowest BCUT2D eigenvalue weighted by atomic mass is 10.00. The molecule has 1 N–H and O–H groups in total. The minimum absolute atomic E-state index is 0.0143. The highest BCUT2D eigenvalue weighted by molar-refractivity contribution is 6.00. The summed E-state index contributed by atoms with van der Waals surface area (Å²) in [5.74, 6) is -1.39. The number of hydrogen-bond donors (Lipinski definition) is 1. The molecule has 16 heteroatoms. The number of hydrogen-bond acceptors (Lipinski definition) is 13. The van der Waals surface area contributed by atoms with Gasteiger partial charge < -0.3 is 33.7 Å². The number of ether oxygens (including phenoxy) is 6. The molecule has 58 heavy (non-hydrogen) atoms. The van der Waals surface area contributed by atoms with E-state index in [0.29, 0.717) is 6.42 Å². The number of carbonyl (C=O) groups is 4. The Hall–Kier alpha value is -4.08. The zero-order valence-corrected chi connectivity index (χ0v) is 34.9. The predicted molar refractivity (Wildman–Crippen MR) is 213 cm³/mol. The van der Waals surface area contributed by atoms with Crippen LogP contribution >= 0.6 is 0 Å². The van der Waals surface area contributed by atoms with Crippen molar-refractivity contribution in [2.75, 3.05) is 25.1 Å². The Morgan fingerprint density at radius 2 is 1.36 bits per heavy atom. The maximum atomic E-state index is 14.8.